The highest BCUT2D eigenvalue weighted by Gasteiger charge is 2.30. The SMILES string of the molecule is CCN(CC(=O)N[C@@H](CC(=O)O)C(=O)N[C@@H](Cc1ccc2ccccc2c1)C(=O)O)C(=O)CCCC1CC[NH2+]CC1.O=C([O-])C(F)(F)F. The first kappa shape index (κ1) is 39.4. The Morgan fingerprint density at radius 2 is 1.60 bits per heavy atom. The molecule has 0 aromatic heterocycles. The third-order valence-electron chi connectivity index (χ3n) is 7.76. The summed E-state index contributed by atoms with van der Waals surface area (Å²) in [5.41, 5.74) is 0.675. The number of carbonyl (C=O) groups is 6. The number of carbonyl (C=O) groups excluding carboxylic acids is 4. The van der Waals surface area contributed by atoms with Gasteiger partial charge >= 0.3 is 18.1 Å². The number of nitrogens with one attached hydrogen (secondary N) is 2. The molecule has 0 bridgehead atoms. The van der Waals surface area contributed by atoms with E-state index >= 15 is 0 Å². The first-order chi connectivity index (χ1) is 22.6. The molecule has 0 saturated carbocycles. The molecule has 0 radical (unpaired) electrons. The van der Waals surface area contributed by atoms with Crippen LogP contribution in [0.25, 0.3) is 10.8 Å². The molecule has 264 valence electrons. The Bertz CT molecular complexity index is 1430. The van der Waals surface area contributed by atoms with Crippen LogP contribution in [0.1, 0.15) is 51.0 Å². The molecular formula is C32H41F3N4O9. The van der Waals surface area contributed by atoms with Gasteiger partial charge in [0.1, 0.15) is 18.1 Å². The normalized spacial score (nSPS) is 14.5. The van der Waals surface area contributed by atoms with Gasteiger partial charge in [-0.2, -0.15) is 13.2 Å². The van der Waals surface area contributed by atoms with Crippen molar-refractivity contribution in [2.24, 2.45) is 5.92 Å². The fourth-order valence-electron chi connectivity index (χ4n) is 5.23. The average molecular weight is 683 g/mol. The lowest BCUT2D eigenvalue weighted by Crippen LogP contribution is -2.86. The minimum atomic E-state index is -5.19. The topological polar surface area (TPSA) is 210 Å². The highest BCUT2D eigenvalue weighted by molar-refractivity contribution is 5.94. The number of benzene rings is 2. The molecule has 1 heterocycles. The van der Waals surface area contributed by atoms with Gasteiger partial charge in [-0.05, 0) is 54.9 Å². The summed E-state index contributed by atoms with van der Waals surface area (Å²) in [6.45, 7) is 3.93. The molecule has 2 aromatic rings. The summed E-state index contributed by atoms with van der Waals surface area (Å²) in [6, 6.07) is 10.2. The highest BCUT2D eigenvalue weighted by atomic mass is 19.4. The standard InChI is InChI=1S/C30H40N4O7.C2HF3O2/c1-2-34(27(36)9-5-6-20-12-14-31-15-13-20)19-26(35)32-24(18-28(37)38)29(39)33-25(30(40)41)17-21-10-11-22-7-3-4-8-23(22)16-21;3-2(4,5)1(6)7/h3-4,7-8,10-11,16,20,24-25,31H,2,5-6,9,12-15,17-19H2,1H3,(H,32,35)(H,33,39)(H,37,38)(H,40,41);(H,6,7)/t24-,25-;/m0./s1. The largest absolute Gasteiger partial charge is 0.542 e. The van der Waals surface area contributed by atoms with Gasteiger partial charge < -0.3 is 41.0 Å². The number of amides is 3. The number of nitrogens with zero attached hydrogens (tertiary/aromatic N) is 1. The predicted octanol–water partition coefficient (Wildman–Crippen LogP) is 0.202. The Morgan fingerprint density at radius 3 is 2.17 bits per heavy atom. The molecule has 6 N–H and O–H groups in total. The van der Waals surface area contributed by atoms with Crippen LogP contribution in [0.4, 0.5) is 13.2 Å². The van der Waals surface area contributed by atoms with E-state index in [4.69, 9.17) is 9.90 Å². The van der Waals surface area contributed by atoms with Crippen LogP contribution < -0.4 is 21.1 Å². The molecule has 1 fully saturated rings. The number of halogens is 3. The van der Waals surface area contributed by atoms with E-state index in [2.05, 4.69) is 16.0 Å². The van der Waals surface area contributed by atoms with Crippen LogP contribution in [0.2, 0.25) is 0 Å². The van der Waals surface area contributed by atoms with Crippen LogP contribution >= 0.6 is 0 Å². The summed E-state index contributed by atoms with van der Waals surface area (Å²) in [7, 11) is 0. The lowest BCUT2D eigenvalue weighted by Gasteiger charge is -2.24. The molecular weight excluding hydrogens is 641 g/mol. The second-order valence-corrected chi connectivity index (χ2v) is 11.4. The number of nitrogens with two attached hydrogens (primary N) is 1. The summed E-state index contributed by atoms with van der Waals surface area (Å²) < 4.78 is 31.5. The molecule has 1 aliphatic heterocycles. The van der Waals surface area contributed by atoms with Crippen LogP contribution in [-0.2, 0) is 35.2 Å². The summed E-state index contributed by atoms with van der Waals surface area (Å²) in [4.78, 5) is 72.0. The molecule has 16 heteroatoms. The van der Waals surface area contributed by atoms with Crippen molar-refractivity contribution in [2.75, 3.05) is 26.2 Å². The van der Waals surface area contributed by atoms with Crippen LogP contribution in [0.3, 0.4) is 0 Å². The van der Waals surface area contributed by atoms with Gasteiger partial charge in [-0.1, -0.05) is 42.5 Å². The maximum Gasteiger partial charge on any atom is 0.430 e. The molecule has 2 aromatic carbocycles. The lowest BCUT2D eigenvalue weighted by molar-refractivity contribution is -0.664. The van der Waals surface area contributed by atoms with Crippen molar-refractivity contribution in [2.45, 2.75) is 70.1 Å². The van der Waals surface area contributed by atoms with Gasteiger partial charge in [-0.15, -0.1) is 0 Å². The Morgan fingerprint density at radius 1 is 0.979 bits per heavy atom. The number of piperidine rings is 1. The molecule has 0 spiro atoms. The number of aliphatic carboxylic acids is 3. The van der Waals surface area contributed by atoms with E-state index in [-0.39, 0.29) is 25.4 Å². The minimum absolute atomic E-state index is 0.0309. The van der Waals surface area contributed by atoms with Gasteiger partial charge in [0.15, 0.2) is 0 Å². The predicted molar refractivity (Wildman–Crippen MR) is 163 cm³/mol. The van der Waals surface area contributed by atoms with E-state index in [9.17, 15) is 47.4 Å². The van der Waals surface area contributed by atoms with Crippen molar-refractivity contribution >= 4 is 46.4 Å². The van der Waals surface area contributed by atoms with E-state index < -0.39 is 54.4 Å². The van der Waals surface area contributed by atoms with E-state index in [1.54, 1.807) is 13.0 Å². The third kappa shape index (κ3) is 13.9. The van der Waals surface area contributed by atoms with E-state index in [1.807, 2.05) is 36.4 Å². The fourth-order valence-corrected chi connectivity index (χ4v) is 5.23. The molecule has 1 aliphatic rings. The number of likely N-dealkylation sites (N-methyl/N-ethyl adjacent to an activating group) is 1. The maximum absolute atomic E-state index is 13.0. The van der Waals surface area contributed by atoms with E-state index in [0.717, 1.165) is 49.5 Å². The molecule has 1 saturated heterocycles. The van der Waals surface area contributed by atoms with Crippen LogP contribution in [-0.4, -0.2) is 95.2 Å². The number of alkyl halides is 3. The zero-order valence-electron chi connectivity index (χ0n) is 26.5. The van der Waals surface area contributed by atoms with E-state index in [0.29, 0.717) is 17.9 Å². The van der Waals surface area contributed by atoms with Gasteiger partial charge in [0, 0.05) is 19.4 Å². The molecule has 3 rings (SSSR count). The summed E-state index contributed by atoms with van der Waals surface area (Å²) in [6.07, 6.45) is -1.66. The lowest BCUT2D eigenvalue weighted by atomic mass is 9.92. The van der Waals surface area contributed by atoms with Crippen molar-refractivity contribution in [3.05, 3.63) is 48.0 Å². The van der Waals surface area contributed by atoms with Gasteiger partial charge in [-0.3, -0.25) is 19.2 Å². The van der Waals surface area contributed by atoms with Gasteiger partial charge in [0.05, 0.1) is 26.1 Å². The van der Waals surface area contributed by atoms with Gasteiger partial charge in [-0.25, -0.2) is 4.79 Å². The number of quaternary nitrogens is 1. The van der Waals surface area contributed by atoms with Crippen molar-refractivity contribution < 1.29 is 62.6 Å². The second-order valence-electron chi connectivity index (χ2n) is 11.4. The van der Waals surface area contributed by atoms with Crippen LogP contribution in [0, 0.1) is 5.92 Å². The zero-order valence-corrected chi connectivity index (χ0v) is 26.5. The quantitative estimate of drug-likeness (QED) is 0.174. The molecule has 13 nitrogen and oxygen atoms in total. The summed E-state index contributed by atoms with van der Waals surface area (Å²) in [5, 5.41) is 36.8. The maximum atomic E-state index is 13.0. The smallest absolute Gasteiger partial charge is 0.430 e. The van der Waals surface area contributed by atoms with E-state index in [1.165, 1.54) is 4.90 Å². The molecule has 3 amide bonds. The Kier molecular flexibility index (Phi) is 15.8. The minimum Gasteiger partial charge on any atom is -0.542 e. The Hall–Kier alpha value is -4.73. The average Bonchev–Trinajstić information content (AvgIpc) is 3.02. The number of hydrogen-bond acceptors (Lipinski definition) is 7. The van der Waals surface area contributed by atoms with Crippen molar-refractivity contribution in [3.8, 4) is 0 Å². The zero-order chi connectivity index (χ0) is 35.9. The first-order valence-corrected chi connectivity index (χ1v) is 15.5. The Balaban J connectivity index is 0.00000103. The molecule has 0 aliphatic carbocycles. The van der Waals surface area contributed by atoms with Gasteiger partial charge in [0.2, 0.25) is 17.7 Å². The third-order valence-corrected chi connectivity index (χ3v) is 7.76. The molecule has 48 heavy (non-hydrogen) atoms. The van der Waals surface area contributed by atoms with Crippen molar-refractivity contribution in [3.63, 3.8) is 0 Å². The number of rotatable bonds is 15. The monoisotopic (exact) mass is 682 g/mol. The Labute approximate surface area is 274 Å². The summed E-state index contributed by atoms with van der Waals surface area (Å²) in [5.74, 6) is -6.80. The van der Waals surface area contributed by atoms with Crippen molar-refractivity contribution in [1.82, 2.24) is 15.5 Å². The summed E-state index contributed by atoms with van der Waals surface area (Å²) >= 11 is 0. The first-order valence-electron chi connectivity index (χ1n) is 15.5. The molecule has 0 unspecified atom stereocenters. The van der Waals surface area contributed by atoms with Crippen LogP contribution in [0.15, 0.2) is 42.5 Å². The molecule has 2 atom stereocenters. The van der Waals surface area contributed by atoms with Gasteiger partial charge in [0.25, 0.3) is 0 Å². The number of carboxylic acids is 3. The number of fused-ring (bicyclic) bond motifs is 1. The number of carboxylic acid groups (broad SMARTS) is 3. The van der Waals surface area contributed by atoms with Crippen LogP contribution in [0.5, 0.6) is 0 Å². The highest BCUT2D eigenvalue weighted by Crippen LogP contribution is 2.18. The number of hydrogen-bond donors (Lipinski definition) is 5. The van der Waals surface area contributed by atoms with Crippen molar-refractivity contribution in [1.29, 1.82) is 0 Å². The second kappa shape index (κ2) is 19.2. The fraction of sp³-hybridized carbons (Fsp3) is 0.500.